The van der Waals surface area contributed by atoms with E-state index in [1.807, 2.05) is 4.90 Å². The molecule has 3 heterocycles. The van der Waals surface area contributed by atoms with E-state index in [-0.39, 0.29) is 0 Å². The SMILES string of the molecule is C1CC[NH+]2CCC(C1)CC2. The third kappa shape index (κ3) is 1.34. The Morgan fingerprint density at radius 1 is 0.800 bits per heavy atom. The minimum atomic E-state index is 1.11. The normalized spacial score (nSPS) is 40.8. The molecule has 3 saturated heterocycles. The van der Waals surface area contributed by atoms with Crippen molar-refractivity contribution in [3.63, 3.8) is 0 Å². The van der Waals surface area contributed by atoms with Crippen molar-refractivity contribution < 1.29 is 4.90 Å². The molecule has 3 rings (SSSR count). The smallest absolute Gasteiger partial charge is 0.0773 e. The summed E-state index contributed by atoms with van der Waals surface area (Å²) in [4.78, 5) is 1.89. The average Bonchev–Trinajstić information content (AvgIpc) is 1.89. The van der Waals surface area contributed by atoms with Crippen molar-refractivity contribution in [2.24, 2.45) is 5.92 Å². The van der Waals surface area contributed by atoms with Gasteiger partial charge in [-0.05, 0) is 38.0 Å². The molecule has 1 N–H and O–H groups in total. The van der Waals surface area contributed by atoms with E-state index in [1.54, 1.807) is 0 Å². The standard InChI is InChI=1S/C9H17N/c1-2-6-10-7-4-9(3-1)5-8-10/h9H,1-8H2/p+1. The topological polar surface area (TPSA) is 4.44 Å². The fourth-order valence-electron chi connectivity index (χ4n) is 2.43. The first-order valence-corrected chi connectivity index (χ1v) is 4.79. The highest BCUT2D eigenvalue weighted by Gasteiger charge is 2.23. The van der Waals surface area contributed by atoms with Crippen molar-refractivity contribution in [1.82, 2.24) is 0 Å². The summed E-state index contributed by atoms with van der Waals surface area (Å²) >= 11 is 0. The first-order chi connectivity index (χ1) is 4.95. The molecule has 3 aliphatic rings. The second kappa shape index (κ2) is 2.91. The maximum Gasteiger partial charge on any atom is 0.0773 e. The third-order valence-corrected chi connectivity index (χ3v) is 3.20. The van der Waals surface area contributed by atoms with Gasteiger partial charge < -0.3 is 4.90 Å². The monoisotopic (exact) mass is 140 g/mol. The van der Waals surface area contributed by atoms with Crippen LogP contribution in [0.1, 0.15) is 32.1 Å². The van der Waals surface area contributed by atoms with Gasteiger partial charge in [-0.2, -0.15) is 0 Å². The molecule has 0 atom stereocenters. The Balaban J connectivity index is 1.94. The van der Waals surface area contributed by atoms with Gasteiger partial charge in [0.2, 0.25) is 0 Å². The maximum absolute atomic E-state index is 1.89. The van der Waals surface area contributed by atoms with Gasteiger partial charge >= 0.3 is 0 Å². The van der Waals surface area contributed by atoms with Crippen LogP contribution in [-0.4, -0.2) is 19.6 Å². The quantitative estimate of drug-likeness (QED) is 0.499. The number of quaternary nitrogens is 1. The van der Waals surface area contributed by atoms with Crippen LogP contribution in [0.4, 0.5) is 0 Å². The zero-order valence-corrected chi connectivity index (χ0v) is 6.73. The first-order valence-electron chi connectivity index (χ1n) is 4.79. The highest BCUT2D eigenvalue weighted by Crippen LogP contribution is 2.18. The van der Waals surface area contributed by atoms with Crippen molar-refractivity contribution in [3.8, 4) is 0 Å². The van der Waals surface area contributed by atoms with Crippen molar-refractivity contribution in [2.45, 2.75) is 32.1 Å². The van der Waals surface area contributed by atoms with E-state index >= 15 is 0 Å². The summed E-state index contributed by atoms with van der Waals surface area (Å²) in [5.74, 6) is 1.11. The fourth-order valence-corrected chi connectivity index (χ4v) is 2.43. The van der Waals surface area contributed by atoms with Crippen molar-refractivity contribution in [1.29, 1.82) is 0 Å². The second-order valence-corrected chi connectivity index (χ2v) is 3.94. The third-order valence-electron chi connectivity index (χ3n) is 3.20. The van der Waals surface area contributed by atoms with E-state index in [0.29, 0.717) is 0 Å². The summed E-state index contributed by atoms with van der Waals surface area (Å²) < 4.78 is 0. The van der Waals surface area contributed by atoms with Crippen molar-refractivity contribution >= 4 is 0 Å². The summed E-state index contributed by atoms with van der Waals surface area (Å²) in [5, 5.41) is 0. The minimum absolute atomic E-state index is 1.11. The Labute approximate surface area is 63.4 Å². The Bertz CT molecular complexity index is 83.8. The number of piperidine rings is 1. The average molecular weight is 140 g/mol. The number of rotatable bonds is 0. The van der Waals surface area contributed by atoms with Gasteiger partial charge in [0, 0.05) is 0 Å². The maximum atomic E-state index is 1.89. The van der Waals surface area contributed by atoms with Crippen LogP contribution in [-0.2, 0) is 0 Å². The second-order valence-electron chi connectivity index (χ2n) is 3.94. The van der Waals surface area contributed by atoms with Crippen LogP contribution >= 0.6 is 0 Å². The molecule has 0 radical (unpaired) electrons. The largest absolute Gasteiger partial charge is 0.335 e. The molecule has 10 heavy (non-hydrogen) atoms. The molecule has 1 heteroatoms. The fraction of sp³-hybridized carbons (Fsp3) is 1.00. The van der Waals surface area contributed by atoms with Crippen molar-refractivity contribution in [3.05, 3.63) is 0 Å². The molecule has 0 aromatic carbocycles. The van der Waals surface area contributed by atoms with Gasteiger partial charge in [0.25, 0.3) is 0 Å². The van der Waals surface area contributed by atoms with E-state index in [2.05, 4.69) is 0 Å². The molecule has 0 amide bonds. The summed E-state index contributed by atoms with van der Waals surface area (Å²) in [5.41, 5.74) is 0. The predicted octanol–water partition coefficient (Wildman–Crippen LogP) is 0.465. The van der Waals surface area contributed by atoms with Gasteiger partial charge in [0.1, 0.15) is 0 Å². The summed E-state index contributed by atoms with van der Waals surface area (Å²) in [6.45, 7) is 4.42. The van der Waals surface area contributed by atoms with Crippen LogP contribution < -0.4 is 4.90 Å². The van der Waals surface area contributed by atoms with Gasteiger partial charge in [-0.1, -0.05) is 0 Å². The summed E-state index contributed by atoms with van der Waals surface area (Å²) in [6.07, 6.45) is 7.58. The molecular weight excluding hydrogens is 122 g/mol. The molecule has 1 nitrogen and oxygen atoms in total. The number of fused-ring (bicyclic) bond motifs is 5. The number of hydrogen-bond acceptors (Lipinski definition) is 0. The molecular formula is C9H18N+. The first kappa shape index (κ1) is 6.66. The molecule has 0 aliphatic carbocycles. The van der Waals surface area contributed by atoms with Gasteiger partial charge in [-0.3, -0.25) is 0 Å². The molecule has 3 aliphatic heterocycles. The van der Waals surface area contributed by atoms with Crippen molar-refractivity contribution in [2.75, 3.05) is 19.6 Å². The van der Waals surface area contributed by atoms with Crippen LogP contribution in [0.15, 0.2) is 0 Å². The van der Waals surface area contributed by atoms with Crippen LogP contribution in [0.2, 0.25) is 0 Å². The van der Waals surface area contributed by atoms with Gasteiger partial charge in [0.05, 0.1) is 19.6 Å². The zero-order chi connectivity index (χ0) is 6.81. The highest BCUT2D eigenvalue weighted by molar-refractivity contribution is 4.64. The lowest BCUT2D eigenvalue weighted by atomic mass is 9.89. The molecule has 0 aromatic rings. The van der Waals surface area contributed by atoms with Crippen LogP contribution in [0.3, 0.4) is 0 Å². The molecule has 2 bridgehead atoms. The lowest BCUT2D eigenvalue weighted by molar-refractivity contribution is -0.907. The summed E-state index contributed by atoms with van der Waals surface area (Å²) in [7, 11) is 0. The minimum Gasteiger partial charge on any atom is -0.335 e. The lowest BCUT2D eigenvalue weighted by Gasteiger charge is -2.31. The van der Waals surface area contributed by atoms with E-state index in [4.69, 9.17) is 0 Å². The molecule has 58 valence electrons. The summed E-state index contributed by atoms with van der Waals surface area (Å²) in [6, 6.07) is 0. The Morgan fingerprint density at radius 2 is 1.60 bits per heavy atom. The zero-order valence-electron chi connectivity index (χ0n) is 6.73. The Morgan fingerprint density at radius 3 is 2.40 bits per heavy atom. The van der Waals surface area contributed by atoms with Gasteiger partial charge in [-0.25, -0.2) is 0 Å². The Hall–Kier alpha value is -0.0400. The van der Waals surface area contributed by atoms with E-state index < -0.39 is 0 Å². The van der Waals surface area contributed by atoms with Gasteiger partial charge in [0.15, 0.2) is 0 Å². The van der Waals surface area contributed by atoms with Crippen LogP contribution in [0, 0.1) is 5.92 Å². The highest BCUT2D eigenvalue weighted by atomic mass is 15.1. The number of hydrogen-bond donors (Lipinski definition) is 1. The van der Waals surface area contributed by atoms with E-state index in [9.17, 15) is 0 Å². The lowest BCUT2D eigenvalue weighted by Crippen LogP contribution is -3.13. The van der Waals surface area contributed by atoms with Crippen LogP contribution in [0.25, 0.3) is 0 Å². The molecule has 0 saturated carbocycles. The Kier molecular flexibility index (Phi) is 1.94. The van der Waals surface area contributed by atoms with E-state index in [0.717, 1.165) is 5.92 Å². The van der Waals surface area contributed by atoms with Gasteiger partial charge in [-0.15, -0.1) is 0 Å². The molecule has 3 fully saturated rings. The molecule has 0 spiro atoms. The molecule has 0 unspecified atom stereocenters. The number of nitrogens with one attached hydrogen (secondary N) is 1. The van der Waals surface area contributed by atoms with Crippen LogP contribution in [0.5, 0.6) is 0 Å². The predicted molar refractivity (Wildman–Crippen MR) is 42.1 cm³/mol. The molecule has 0 aromatic heterocycles. The van der Waals surface area contributed by atoms with E-state index in [1.165, 1.54) is 51.7 Å².